The summed E-state index contributed by atoms with van der Waals surface area (Å²) in [6.45, 7) is 15.5. The van der Waals surface area contributed by atoms with Gasteiger partial charge in [-0.3, -0.25) is 4.98 Å². The SMILES string of the molecule is C=C1COC(CC)(CCCc2nc(=C)/c(=C(\CC)c3ccncc3)s2)/C1=C/C. The standard InChI is InChI=1S/C24H30N2OS/c1-6-20(19-11-14-25-15-12-19)23-18(5)26-22(28-23)10-9-13-24(8-3)21(7-2)17(4)16-27-24/h7,11-12,14-15H,4-6,8-10,13,16H2,1-3H3/b21-7+,23-20-. The lowest BCUT2D eigenvalue weighted by atomic mass is 9.84. The number of pyridine rings is 1. The van der Waals surface area contributed by atoms with Crippen LogP contribution in [0.5, 0.6) is 0 Å². The molecule has 1 fully saturated rings. The molecule has 0 amide bonds. The van der Waals surface area contributed by atoms with Crippen LogP contribution in [0, 0.1) is 0 Å². The van der Waals surface area contributed by atoms with Crippen molar-refractivity contribution < 1.29 is 4.74 Å². The highest BCUT2D eigenvalue weighted by Gasteiger charge is 2.39. The van der Waals surface area contributed by atoms with E-state index in [4.69, 9.17) is 9.72 Å². The van der Waals surface area contributed by atoms with Gasteiger partial charge in [-0.1, -0.05) is 33.1 Å². The van der Waals surface area contributed by atoms with Gasteiger partial charge in [0, 0.05) is 12.4 Å². The van der Waals surface area contributed by atoms with Gasteiger partial charge in [0.25, 0.3) is 0 Å². The maximum Gasteiger partial charge on any atom is 0.0938 e. The summed E-state index contributed by atoms with van der Waals surface area (Å²) in [5, 5.41) is 2.05. The highest BCUT2D eigenvalue weighted by molar-refractivity contribution is 7.09. The number of allylic oxidation sites excluding steroid dienone is 1. The van der Waals surface area contributed by atoms with Crippen molar-refractivity contribution in [2.45, 2.75) is 58.5 Å². The molecule has 1 aliphatic rings. The Kier molecular flexibility index (Phi) is 6.63. The summed E-state index contributed by atoms with van der Waals surface area (Å²) in [7, 11) is 0. The Morgan fingerprint density at radius 2 is 2.04 bits per heavy atom. The van der Waals surface area contributed by atoms with E-state index in [-0.39, 0.29) is 5.60 Å². The molecule has 3 heterocycles. The van der Waals surface area contributed by atoms with Crippen molar-refractivity contribution in [3.05, 3.63) is 68.8 Å². The van der Waals surface area contributed by atoms with Crippen LogP contribution < -0.4 is 9.88 Å². The van der Waals surface area contributed by atoms with E-state index in [0.717, 1.165) is 48.0 Å². The summed E-state index contributed by atoms with van der Waals surface area (Å²) in [6.07, 6.45) is 10.8. The smallest absolute Gasteiger partial charge is 0.0938 e. The minimum absolute atomic E-state index is 0.170. The van der Waals surface area contributed by atoms with Crippen molar-refractivity contribution in [3.8, 4) is 0 Å². The van der Waals surface area contributed by atoms with Gasteiger partial charge in [-0.05, 0) is 73.4 Å². The molecule has 1 aliphatic heterocycles. The molecule has 0 radical (unpaired) electrons. The average Bonchev–Trinajstić information content (AvgIpc) is 3.23. The average molecular weight is 395 g/mol. The lowest BCUT2D eigenvalue weighted by molar-refractivity contribution is 0.0154. The zero-order chi connectivity index (χ0) is 20.1. The number of hydrogen-bond donors (Lipinski definition) is 0. The summed E-state index contributed by atoms with van der Waals surface area (Å²) in [6, 6.07) is 4.12. The highest BCUT2D eigenvalue weighted by Crippen LogP contribution is 2.41. The molecule has 148 valence electrons. The topological polar surface area (TPSA) is 35.0 Å². The number of aromatic nitrogens is 2. The van der Waals surface area contributed by atoms with Gasteiger partial charge in [-0.15, -0.1) is 11.3 Å². The van der Waals surface area contributed by atoms with Gasteiger partial charge in [0.1, 0.15) is 0 Å². The summed E-state index contributed by atoms with van der Waals surface area (Å²) in [4.78, 5) is 8.90. The largest absolute Gasteiger partial charge is 0.366 e. The Balaban J connectivity index is 1.79. The van der Waals surface area contributed by atoms with Gasteiger partial charge in [0.2, 0.25) is 0 Å². The van der Waals surface area contributed by atoms with Crippen molar-refractivity contribution in [3.63, 3.8) is 0 Å². The molecule has 1 atom stereocenters. The van der Waals surface area contributed by atoms with Crippen LogP contribution in [0.3, 0.4) is 0 Å². The molecule has 1 saturated heterocycles. The number of rotatable bonds is 7. The van der Waals surface area contributed by atoms with E-state index in [1.165, 1.54) is 21.2 Å². The Hall–Kier alpha value is -2.04. The lowest BCUT2D eigenvalue weighted by Crippen LogP contribution is -2.29. The summed E-state index contributed by atoms with van der Waals surface area (Å²) in [5.41, 5.74) is 4.75. The van der Waals surface area contributed by atoms with E-state index in [9.17, 15) is 0 Å². The van der Waals surface area contributed by atoms with E-state index in [0.29, 0.717) is 6.61 Å². The fourth-order valence-electron chi connectivity index (χ4n) is 4.16. The lowest BCUT2D eigenvalue weighted by Gasteiger charge is -2.28. The van der Waals surface area contributed by atoms with Crippen molar-refractivity contribution in [1.82, 2.24) is 9.97 Å². The third kappa shape index (κ3) is 4.03. The van der Waals surface area contributed by atoms with Crippen molar-refractivity contribution in [2.24, 2.45) is 0 Å². The van der Waals surface area contributed by atoms with Crippen LogP contribution >= 0.6 is 11.3 Å². The number of aryl methyl sites for hydroxylation is 1. The molecule has 1 unspecified atom stereocenters. The second-order valence-electron chi connectivity index (χ2n) is 7.25. The fraction of sp³-hybridized carbons (Fsp3) is 0.417. The predicted octanol–water partition coefficient (Wildman–Crippen LogP) is 4.56. The van der Waals surface area contributed by atoms with Crippen LogP contribution in [-0.2, 0) is 11.2 Å². The summed E-state index contributed by atoms with van der Waals surface area (Å²) < 4.78 is 7.38. The minimum Gasteiger partial charge on any atom is -0.366 e. The molecule has 3 nitrogen and oxygen atoms in total. The summed E-state index contributed by atoms with van der Waals surface area (Å²) >= 11 is 1.78. The van der Waals surface area contributed by atoms with E-state index in [2.05, 4.69) is 57.1 Å². The van der Waals surface area contributed by atoms with Crippen molar-refractivity contribution in [1.29, 1.82) is 0 Å². The first kappa shape index (κ1) is 20.7. The Bertz CT molecular complexity index is 974. The maximum atomic E-state index is 6.18. The van der Waals surface area contributed by atoms with Gasteiger partial charge in [0.15, 0.2) is 0 Å². The number of thiazole rings is 1. The molecule has 28 heavy (non-hydrogen) atoms. The molecule has 2 aromatic heterocycles. The Labute approximate surface area is 172 Å². The molecular formula is C24H30N2OS. The van der Waals surface area contributed by atoms with E-state index in [1.54, 1.807) is 11.3 Å². The molecule has 2 aromatic rings. The number of nitrogens with zero attached hydrogens (tertiary/aromatic N) is 2. The van der Waals surface area contributed by atoms with E-state index in [1.807, 2.05) is 12.4 Å². The molecule has 0 aliphatic carbocycles. The van der Waals surface area contributed by atoms with Crippen LogP contribution in [0.25, 0.3) is 12.2 Å². The second kappa shape index (κ2) is 8.97. The monoisotopic (exact) mass is 394 g/mol. The molecular weight excluding hydrogens is 364 g/mol. The van der Waals surface area contributed by atoms with Crippen LogP contribution in [0.1, 0.15) is 57.0 Å². The fourth-order valence-corrected chi connectivity index (χ4v) is 5.35. The normalized spacial score (nSPS) is 22.1. The van der Waals surface area contributed by atoms with Crippen LogP contribution in [0.2, 0.25) is 0 Å². The van der Waals surface area contributed by atoms with Crippen molar-refractivity contribution >= 4 is 23.5 Å². The quantitative estimate of drug-likeness (QED) is 0.690. The molecule has 0 saturated carbocycles. The van der Waals surface area contributed by atoms with Gasteiger partial charge in [0.05, 0.1) is 27.1 Å². The minimum atomic E-state index is -0.170. The first-order valence-electron chi connectivity index (χ1n) is 10.1. The zero-order valence-corrected chi connectivity index (χ0v) is 18.1. The first-order chi connectivity index (χ1) is 13.5. The van der Waals surface area contributed by atoms with Crippen LogP contribution in [0.4, 0.5) is 0 Å². The molecule has 0 aromatic carbocycles. The van der Waals surface area contributed by atoms with E-state index >= 15 is 0 Å². The van der Waals surface area contributed by atoms with Gasteiger partial charge in [-0.2, -0.15) is 0 Å². The maximum absolute atomic E-state index is 6.18. The first-order valence-corrected chi connectivity index (χ1v) is 10.9. The van der Waals surface area contributed by atoms with Gasteiger partial charge >= 0.3 is 0 Å². The third-order valence-electron chi connectivity index (χ3n) is 5.62. The summed E-state index contributed by atoms with van der Waals surface area (Å²) in [5.74, 6) is 0. The second-order valence-corrected chi connectivity index (χ2v) is 8.33. The van der Waals surface area contributed by atoms with Crippen LogP contribution in [-0.4, -0.2) is 22.2 Å². The highest BCUT2D eigenvalue weighted by atomic mass is 32.1. The van der Waals surface area contributed by atoms with Gasteiger partial charge in [-0.25, -0.2) is 4.98 Å². The predicted molar refractivity (Wildman–Crippen MR) is 119 cm³/mol. The molecule has 0 spiro atoms. The Morgan fingerprint density at radius 1 is 1.29 bits per heavy atom. The molecule has 0 N–H and O–H groups in total. The number of ether oxygens (including phenoxy) is 1. The zero-order valence-electron chi connectivity index (χ0n) is 17.3. The van der Waals surface area contributed by atoms with E-state index < -0.39 is 0 Å². The molecule has 0 bridgehead atoms. The van der Waals surface area contributed by atoms with Crippen LogP contribution in [0.15, 0.2) is 48.3 Å². The molecule has 4 heteroatoms. The van der Waals surface area contributed by atoms with Crippen molar-refractivity contribution in [2.75, 3.05) is 6.61 Å². The third-order valence-corrected chi connectivity index (χ3v) is 6.84. The Morgan fingerprint density at radius 3 is 2.68 bits per heavy atom. The number of hydrogen-bond acceptors (Lipinski definition) is 4. The van der Waals surface area contributed by atoms with Gasteiger partial charge < -0.3 is 4.74 Å². The molecule has 3 rings (SSSR count).